The van der Waals surface area contributed by atoms with Gasteiger partial charge in [0.1, 0.15) is 5.69 Å². The molecule has 92 valence electrons. The average molecular weight is 235 g/mol. The van der Waals surface area contributed by atoms with Crippen LogP contribution in [0.2, 0.25) is 0 Å². The van der Waals surface area contributed by atoms with Gasteiger partial charge in [-0.25, -0.2) is 0 Å². The van der Waals surface area contributed by atoms with Gasteiger partial charge in [0.25, 0.3) is 0 Å². The van der Waals surface area contributed by atoms with E-state index in [-0.39, 0.29) is 0 Å². The molecule has 0 aliphatic heterocycles. The van der Waals surface area contributed by atoms with E-state index in [2.05, 4.69) is 11.1 Å². The Balaban J connectivity index is 2.80. The third-order valence-corrected chi connectivity index (χ3v) is 2.39. The van der Waals surface area contributed by atoms with Crippen molar-refractivity contribution in [3.05, 3.63) is 18.0 Å². The van der Waals surface area contributed by atoms with E-state index in [1.54, 1.807) is 26.5 Å². The molecule has 0 N–H and O–H groups in total. The molecule has 0 aliphatic carbocycles. The Labute approximate surface area is 102 Å². The van der Waals surface area contributed by atoms with Gasteiger partial charge in [-0.05, 0) is 7.05 Å². The summed E-state index contributed by atoms with van der Waals surface area (Å²) in [6.07, 6.45) is 2.19. The summed E-state index contributed by atoms with van der Waals surface area (Å²) in [7, 11) is 5.14. The minimum Gasteiger partial charge on any atom is -0.493 e. The Morgan fingerprint density at radius 1 is 1.41 bits per heavy atom. The van der Waals surface area contributed by atoms with Gasteiger partial charge in [-0.15, -0.1) is 0 Å². The number of nitrogens with zero attached hydrogens (tertiary/aromatic N) is 3. The Bertz CT molecular complexity index is 401. The zero-order chi connectivity index (χ0) is 12.7. The van der Waals surface area contributed by atoms with Crippen molar-refractivity contribution in [3.8, 4) is 17.6 Å². The van der Waals surface area contributed by atoms with Crippen LogP contribution in [0.3, 0.4) is 0 Å². The summed E-state index contributed by atoms with van der Waals surface area (Å²) in [4.78, 5) is 6.30. The van der Waals surface area contributed by atoms with E-state index in [1.165, 1.54) is 0 Å². The summed E-state index contributed by atoms with van der Waals surface area (Å²) in [5.74, 6) is 1.32. The van der Waals surface area contributed by atoms with Crippen LogP contribution in [0.5, 0.6) is 11.5 Å². The number of rotatable bonds is 6. The fourth-order valence-electron chi connectivity index (χ4n) is 1.54. The van der Waals surface area contributed by atoms with E-state index >= 15 is 0 Å². The van der Waals surface area contributed by atoms with Gasteiger partial charge >= 0.3 is 0 Å². The molecule has 0 saturated carbocycles. The quantitative estimate of drug-likeness (QED) is 0.746. The molecule has 1 aromatic heterocycles. The van der Waals surface area contributed by atoms with Crippen LogP contribution in [0, 0.1) is 11.3 Å². The maximum atomic E-state index is 8.53. The highest BCUT2D eigenvalue weighted by atomic mass is 16.5. The maximum Gasteiger partial charge on any atom is 0.183 e. The van der Waals surface area contributed by atoms with Crippen molar-refractivity contribution in [3.63, 3.8) is 0 Å². The van der Waals surface area contributed by atoms with Crippen molar-refractivity contribution >= 4 is 0 Å². The first kappa shape index (κ1) is 13.3. The number of hydrogen-bond donors (Lipinski definition) is 0. The molecule has 1 heterocycles. The molecule has 5 nitrogen and oxygen atoms in total. The van der Waals surface area contributed by atoms with Gasteiger partial charge in [-0.1, -0.05) is 0 Å². The fraction of sp³-hybridized carbons (Fsp3) is 0.500. The van der Waals surface area contributed by atoms with Crippen molar-refractivity contribution in [1.29, 1.82) is 5.26 Å². The van der Waals surface area contributed by atoms with E-state index in [0.717, 1.165) is 5.69 Å². The van der Waals surface area contributed by atoms with Crippen LogP contribution in [0.15, 0.2) is 12.3 Å². The molecule has 0 unspecified atom stereocenters. The highest BCUT2D eigenvalue weighted by Gasteiger charge is 2.12. The van der Waals surface area contributed by atoms with Crippen LogP contribution in [0.1, 0.15) is 12.1 Å². The molecule has 5 heteroatoms. The normalized spacial score (nSPS) is 10.1. The summed E-state index contributed by atoms with van der Waals surface area (Å²) in [6.45, 7) is 1.33. The van der Waals surface area contributed by atoms with Gasteiger partial charge in [-0.2, -0.15) is 5.26 Å². The number of hydrogen-bond acceptors (Lipinski definition) is 5. The maximum absolute atomic E-state index is 8.53. The Hall–Kier alpha value is -1.80. The van der Waals surface area contributed by atoms with Crippen molar-refractivity contribution in [1.82, 2.24) is 9.88 Å². The standard InChI is InChI=1S/C12H17N3O2/c1-15(8-4-6-13)9-10-12(17-3)11(16-2)5-7-14-10/h5,7H,4,8-9H2,1-3H3. The van der Waals surface area contributed by atoms with Gasteiger partial charge in [-0.3, -0.25) is 9.88 Å². The second-order valence-electron chi connectivity index (χ2n) is 3.64. The predicted molar refractivity (Wildman–Crippen MR) is 63.9 cm³/mol. The molecule has 0 spiro atoms. The van der Waals surface area contributed by atoms with Crippen molar-refractivity contribution in [2.24, 2.45) is 0 Å². The Morgan fingerprint density at radius 2 is 2.18 bits per heavy atom. The van der Waals surface area contributed by atoms with Crippen molar-refractivity contribution in [2.75, 3.05) is 27.8 Å². The van der Waals surface area contributed by atoms with E-state index in [4.69, 9.17) is 14.7 Å². The third-order valence-electron chi connectivity index (χ3n) is 2.39. The molecule has 0 bridgehead atoms. The molecule has 0 aromatic carbocycles. The van der Waals surface area contributed by atoms with E-state index < -0.39 is 0 Å². The second-order valence-corrected chi connectivity index (χ2v) is 3.64. The van der Waals surface area contributed by atoms with Crippen LogP contribution < -0.4 is 9.47 Å². The lowest BCUT2D eigenvalue weighted by Crippen LogP contribution is -2.20. The number of ether oxygens (including phenoxy) is 2. The SMILES string of the molecule is COc1ccnc(CN(C)CCC#N)c1OC. The molecule has 0 amide bonds. The lowest BCUT2D eigenvalue weighted by atomic mass is 10.2. The largest absolute Gasteiger partial charge is 0.493 e. The molecule has 0 fully saturated rings. The minimum atomic E-state index is 0.503. The summed E-state index contributed by atoms with van der Waals surface area (Å²) in [5, 5.41) is 8.53. The number of methoxy groups -OCH3 is 2. The van der Waals surface area contributed by atoms with Crippen molar-refractivity contribution < 1.29 is 9.47 Å². The predicted octanol–water partition coefficient (Wildman–Crippen LogP) is 1.44. The zero-order valence-electron chi connectivity index (χ0n) is 10.4. The fourth-order valence-corrected chi connectivity index (χ4v) is 1.54. The summed E-state index contributed by atoms with van der Waals surface area (Å²) in [6, 6.07) is 3.88. The molecule has 0 saturated heterocycles. The Kier molecular flexibility index (Phi) is 5.24. The first-order valence-electron chi connectivity index (χ1n) is 5.34. The Morgan fingerprint density at radius 3 is 2.76 bits per heavy atom. The topological polar surface area (TPSA) is 58.4 Å². The van der Waals surface area contributed by atoms with Gasteiger partial charge < -0.3 is 9.47 Å². The van der Waals surface area contributed by atoms with Crippen LogP contribution in [-0.2, 0) is 6.54 Å². The highest BCUT2D eigenvalue weighted by molar-refractivity contribution is 5.42. The first-order chi connectivity index (χ1) is 8.22. The van der Waals surface area contributed by atoms with Crippen LogP contribution in [0.4, 0.5) is 0 Å². The van der Waals surface area contributed by atoms with Gasteiger partial charge in [0.05, 0.1) is 20.3 Å². The average Bonchev–Trinajstić information content (AvgIpc) is 2.35. The van der Waals surface area contributed by atoms with Crippen LogP contribution in [-0.4, -0.2) is 37.7 Å². The molecule has 1 aromatic rings. The molecule has 0 radical (unpaired) electrons. The van der Waals surface area contributed by atoms with E-state index in [9.17, 15) is 0 Å². The van der Waals surface area contributed by atoms with Gasteiger partial charge in [0.15, 0.2) is 11.5 Å². The van der Waals surface area contributed by atoms with Crippen LogP contribution in [0.25, 0.3) is 0 Å². The van der Waals surface area contributed by atoms with Crippen LogP contribution >= 0.6 is 0 Å². The summed E-state index contributed by atoms with van der Waals surface area (Å²) < 4.78 is 10.5. The molecule has 17 heavy (non-hydrogen) atoms. The molecule has 0 atom stereocenters. The molecular formula is C12H17N3O2. The molecule has 0 aliphatic rings. The zero-order valence-corrected chi connectivity index (χ0v) is 10.4. The smallest absolute Gasteiger partial charge is 0.183 e. The number of aromatic nitrogens is 1. The first-order valence-corrected chi connectivity index (χ1v) is 5.34. The summed E-state index contributed by atoms with van der Waals surface area (Å²) in [5.41, 5.74) is 0.812. The molecule has 1 rings (SSSR count). The lowest BCUT2D eigenvalue weighted by Gasteiger charge is -2.17. The lowest BCUT2D eigenvalue weighted by molar-refractivity contribution is 0.309. The second kappa shape index (κ2) is 6.71. The summed E-state index contributed by atoms with van der Waals surface area (Å²) >= 11 is 0. The monoisotopic (exact) mass is 235 g/mol. The van der Waals surface area contributed by atoms with E-state index in [1.807, 2.05) is 11.9 Å². The number of pyridine rings is 1. The van der Waals surface area contributed by atoms with E-state index in [0.29, 0.717) is 31.0 Å². The third kappa shape index (κ3) is 3.61. The van der Waals surface area contributed by atoms with Crippen molar-refractivity contribution in [2.45, 2.75) is 13.0 Å². The minimum absolute atomic E-state index is 0.503. The van der Waals surface area contributed by atoms with Gasteiger partial charge in [0, 0.05) is 31.8 Å². The highest BCUT2D eigenvalue weighted by Crippen LogP contribution is 2.29. The molecular weight excluding hydrogens is 218 g/mol. The number of nitriles is 1. The van der Waals surface area contributed by atoms with Gasteiger partial charge in [0.2, 0.25) is 0 Å².